The zero-order chi connectivity index (χ0) is 40.2. The fourth-order valence-electron chi connectivity index (χ4n) is 5.38. The molecule has 54 heavy (non-hydrogen) atoms. The molecule has 2 rings (SSSR count). The first-order chi connectivity index (χ1) is 25.7. The molecule has 20 heteroatoms. The average Bonchev–Trinajstić information content (AvgIpc) is 3.38. The van der Waals surface area contributed by atoms with Gasteiger partial charge in [-0.05, 0) is 49.3 Å². The van der Waals surface area contributed by atoms with Crippen LogP contribution in [-0.4, -0.2) is 108 Å². The van der Waals surface area contributed by atoms with Gasteiger partial charge in [-0.1, -0.05) is 32.4 Å². The number of amides is 9. The Morgan fingerprint density at radius 2 is 1.61 bits per heavy atom. The van der Waals surface area contributed by atoms with Gasteiger partial charge in [0.2, 0.25) is 41.4 Å². The molecule has 0 bridgehead atoms. The lowest BCUT2D eigenvalue weighted by Gasteiger charge is -2.25. The summed E-state index contributed by atoms with van der Waals surface area (Å²) in [7, 11) is 1.58. The molecule has 300 valence electrons. The Labute approximate surface area is 318 Å². The monoisotopic (exact) mass is 779 g/mol. The van der Waals surface area contributed by atoms with Crippen LogP contribution in [0, 0.1) is 5.92 Å². The predicted octanol–water partition coefficient (Wildman–Crippen LogP) is -0.873. The van der Waals surface area contributed by atoms with Crippen molar-refractivity contribution < 1.29 is 47.9 Å². The van der Waals surface area contributed by atoms with Crippen LogP contribution in [0.3, 0.4) is 0 Å². The quantitative estimate of drug-likeness (QED) is 0.0341. The number of unbranched alkanes of at least 4 members (excludes halogenated alkanes) is 2. The van der Waals surface area contributed by atoms with Gasteiger partial charge in [0.25, 0.3) is 0 Å². The fourth-order valence-corrected chi connectivity index (χ4v) is 6.58. The number of rotatable bonds is 25. The SMILES string of the molecule is COCc1ccc(NC(=O)[C@H](CCCNC(N)=O)NC(=O)[C@@H](NC(=O)CCCCCN2C(=O)CC(SCC(NC(=O)CON)C(N)=O)C2=O)C(C)C)cc1. The topological polar surface area (TPSA) is 296 Å². The van der Waals surface area contributed by atoms with Crippen molar-refractivity contribution in [3.05, 3.63) is 29.8 Å². The summed E-state index contributed by atoms with van der Waals surface area (Å²) in [5.74, 6) is 0.840. The van der Waals surface area contributed by atoms with Crippen LogP contribution in [0.25, 0.3) is 0 Å². The number of likely N-dealkylation sites (tertiary alicyclic amines) is 1. The normalized spacial score (nSPS) is 15.6. The first-order valence-electron chi connectivity index (χ1n) is 17.5. The first kappa shape index (κ1) is 45.4. The van der Waals surface area contributed by atoms with Crippen LogP contribution in [0.5, 0.6) is 0 Å². The summed E-state index contributed by atoms with van der Waals surface area (Å²) < 4.78 is 5.11. The smallest absolute Gasteiger partial charge is 0.312 e. The van der Waals surface area contributed by atoms with Gasteiger partial charge >= 0.3 is 6.03 Å². The van der Waals surface area contributed by atoms with E-state index in [1.165, 1.54) is 0 Å². The van der Waals surface area contributed by atoms with Crippen LogP contribution in [0.4, 0.5) is 10.5 Å². The number of imide groups is 1. The second-order valence-electron chi connectivity index (χ2n) is 13.0. The third-order valence-corrected chi connectivity index (χ3v) is 9.54. The van der Waals surface area contributed by atoms with Crippen LogP contribution in [0.1, 0.15) is 64.4 Å². The molecule has 1 saturated heterocycles. The highest BCUT2D eigenvalue weighted by atomic mass is 32.2. The molecule has 2 unspecified atom stereocenters. The molecular formula is C34H53N9O10S. The highest BCUT2D eigenvalue weighted by Crippen LogP contribution is 2.26. The van der Waals surface area contributed by atoms with Gasteiger partial charge in [-0.2, -0.15) is 0 Å². The molecule has 0 radical (unpaired) electrons. The van der Waals surface area contributed by atoms with Crippen LogP contribution in [0.15, 0.2) is 24.3 Å². The Balaban J connectivity index is 1.87. The summed E-state index contributed by atoms with van der Waals surface area (Å²) in [6.07, 6.45) is 1.89. The van der Waals surface area contributed by atoms with E-state index in [1.807, 2.05) is 0 Å². The van der Waals surface area contributed by atoms with Gasteiger partial charge in [-0.15, -0.1) is 11.8 Å². The van der Waals surface area contributed by atoms with E-state index in [0.717, 1.165) is 22.2 Å². The molecule has 1 aromatic rings. The highest BCUT2D eigenvalue weighted by Gasteiger charge is 2.39. The number of hydrogen-bond donors (Lipinski definition) is 8. The van der Waals surface area contributed by atoms with Crippen LogP contribution in [-0.2, 0) is 49.7 Å². The number of nitrogens with one attached hydrogen (secondary N) is 5. The minimum Gasteiger partial charge on any atom is -0.380 e. The number of hydrogen-bond acceptors (Lipinski definition) is 12. The molecule has 4 atom stereocenters. The number of nitrogens with two attached hydrogens (primary N) is 3. The van der Waals surface area contributed by atoms with Crippen molar-refractivity contribution in [2.45, 2.75) is 88.8 Å². The van der Waals surface area contributed by atoms with E-state index in [9.17, 15) is 38.4 Å². The van der Waals surface area contributed by atoms with Crippen LogP contribution in [0.2, 0.25) is 0 Å². The van der Waals surface area contributed by atoms with Crippen LogP contribution < -0.4 is 43.9 Å². The van der Waals surface area contributed by atoms with Crippen LogP contribution >= 0.6 is 11.8 Å². The number of nitrogens with zero attached hydrogens (tertiary/aromatic N) is 1. The number of carbonyl (C=O) groups is 8. The molecular weight excluding hydrogens is 726 g/mol. The number of methoxy groups -OCH3 is 1. The van der Waals surface area contributed by atoms with Crippen molar-refractivity contribution in [1.82, 2.24) is 26.2 Å². The molecule has 1 fully saturated rings. The van der Waals surface area contributed by atoms with E-state index in [0.29, 0.717) is 38.0 Å². The standard InChI is InChI=1S/C34H53N9O10S/c1-20(2)29(32(49)41-23(8-7-14-38-34(36)51)31(48)39-22-12-10-21(11-13-22)17-52-3)42-26(44)9-5-4-6-15-43-28(46)16-25(33(43)50)54-19-24(30(35)47)40-27(45)18-53-37/h10-13,20,23-25,29H,4-9,14-19,37H2,1-3H3,(H2,35,47)(H,39,48)(H,40,45)(H,41,49)(H,42,44)(H3,36,38,51)/t23-,24?,25?,29-/m0/s1. The second kappa shape index (κ2) is 23.8. The number of urea groups is 1. The summed E-state index contributed by atoms with van der Waals surface area (Å²) in [6, 6.07) is 3.29. The third-order valence-electron chi connectivity index (χ3n) is 8.25. The Morgan fingerprint density at radius 1 is 0.907 bits per heavy atom. The van der Waals surface area contributed by atoms with Gasteiger partial charge < -0.3 is 42.8 Å². The summed E-state index contributed by atoms with van der Waals surface area (Å²) >= 11 is 1.04. The lowest BCUT2D eigenvalue weighted by Crippen LogP contribution is -2.54. The molecule has 1 aliphatic heterocycles. The van der Waals surface area contributed by atoms with E-state index in [1.54, 1.807) is 45.2 Å². The minimum atomic E-state index is -1.09. The maximum absolute atomic E-state index is 13.4. The summed E-state index contributed by atoms with van der Waals surface area (Å²) in [5, 5.41) is 12.4. The number of anilines is 1. The molecule has 1 aliphatic rings. The van der Waals surface area contributed by atoms with E-state index in [2.05, 4.69) is 31.4 Å². The number of ether oxygens (including phenoxy) is 1. The van der Waals surface area contributed by atoms with Gasteiger partial charge in [-0.3, -0.25) is 43.3 Å². The van der Waals surface area contributed by atoms with Gasteiger partial charge in [0, 0.05) is 44.5 Å². The molecule has 19 nitrogen and oxygen atoms in total. The highest BCUT2D eigenvalue weighted by molar-refractivity contribution is 8.00. The van der Waals surface area contributed by atoms with Crippen molar-refractivity contribution >= 4 is 64.8 Å². The number of primary amides is 2. The Hall–Kier alpha value is -4.79. The van der Waals surface area contributed by atoms with Crippen molar-refractivity contribution in [1.29, 1.82) is 0 Å². The predicted molar refractivity (Wildman–Crippen MR) is 199 cm³/mol. The molecule has 0 aliphatic carbocycles. The van der Waals surface area contributed by atoms with Gasteiger partial charge in [-0.25, -0.2) is 10.7 Å². The lowest BCUT2D eigenvalue weighted by atomic mass is 10.0. The molecule has 0 spiro atoms. The molecule has 1 aromatic carbocycles. The van der Waals surface area contributed by atoms with E-state index >= 15 is 0 Å². The molecule has 0 saturated carbocycles. The van der Waals surface area contributed by atoms with Gasteiger partial charge in [0.15, 0.2) is 0 Å². The van der Waals surface area contributed by atoms with E-state index < -0.39 is 65.5 Å². The fraction of sp³-hybridized carbons (Fsp3) is 0.588. The maximum Gasteiger partial charge on any atom is 0.312 e. The molecule has 0 aromatic heterocycles. The van der Waals surface area contributed by atoms with Gasteiger partial charge in [0.1, 0.15) is 24.7 Å². The number of thioether (sulfide) groups is 1. The average molecular weight is 780 g/mol. The Morgan fingerprint density at radius 3 is 2.22 bits per heavy atom. The zero-order valence-electron chi connectivity index (χ0n) is 30.9. The third kappa shape index (κ3) is 16.1. The second-order valence-corrected chi connectivity index (χ2v) is 14.2. The summed E-state index contributed by atoms with van der Waals surface area (Å²) in [6.45, 7) is 3.78. The van der Waals surface area contributed by atoms with E-state index in [4.69, 9.17) is 22.1 Å². The Kier molecular flexibility index (Phi) is 20.0. The molecule has 9 amide bonds. The molecule has 11 N–H and O–H groups in total. The van der Waals surface area contributed by atoms with E-state index in [-0.39, 0.29) is 55.8 Å². The summed E-state index contributed by atoms with van der Waals surface area (Å²) in [4.78, 5) is 105. The number of carbonyl (C=O) groups excluding carboxylic acids is 8. The van der Waals surface area contributed by atoms with Crippen molar-refractivity contribution in [3.8, 4) is 0 Å². The minimum absolute atomic E-state index is 0.0277. The largest absolute Gasteiger partial charge is 0.380 e. The lowest BCUT2D eigenvalue weighted by molar-refractivity contribution is -0.138. The molecule has 1 heterocycles. The Bertz CT molecular complexity index is 1460. The summed E-state index contributed by atoms with van der Waals surface area (Å²) in [5.41, 5.74) is 11.9. The van der Waals surface area contributed by atoms with Gasteiger partial charge in [0.05, 0.1) is 11.9 Å². The zero-order valence-corrected chi connectivity index (χ0v) is 31.7. The first-order valence-corrected chi connectivity index (χ1v) is 18.6. The van der Waals surface area contributed by atoms with Crippen molar-refractivity contribution in [2.75, 3.05) is 37.9 Å². The number of benzene rings is 1. The van der Waals surface area contributed by atoms with Crippen molar-refractivity contribution in [3.63, 3.8) is 0 Å². The maximum atomic E-state index is 13.4. The van der Waals surface area contributed by atoms with Crippen molar-refractivity contribution in [2.24, 2.45) is 23.3 Å².